The summed E-state index contributed by atoms with van der Waals surface area (Å²) in [6, 6.07) is 11.3. The third-order valence-electron chi connectivity index (χ3n) is 2.67. The van der Waals surface area contributed by atoms with Crippen molar-refractivity contribution < 1.29 is 5.21 Å². The number of halogens is 1. The SMILES string of the molecule is Cc1cc(/C(N)=N/O)cc(SCc2ccccc2Cl)n1. The van der Waals surface area contributed by atoms with Gasteiger partial charge in [-0.1, -0.05) is 35.0 Å². The summed E-state index contributed by atoms with van der Waals surface area (Å²) in [5.74, 6) is 0.793. The van der Waals surface area contributed by atoms with Crippen LogP contribution in [-0.4, -0.2) is 16.0 Å². The Bertz CT molecular complexity index is 646. The molecule has 0 radical (unpaired) electrons. The maximum absolute atomic E-state index is 8.73. The van der Waals surface area contributed by atoms with E-state index in [1.165, 1.54) is 0 Å². The van der Waals surface area contributed by atoms with E-state index in [-0.39, 0.29) is 5.84 Å². The van der Waals surface area contributed by atoms with E-state index in [2.05, 4.69) is 10.1 Å². The smallest absolute Gasteiger partial charge is 0.170 e. The van der Waals surface area contributed by atoms with Gasteiger partial charge < -0.3 is 10.9 Å². The van der Waals surface area contributed by atoms with Gasteiger partial charge in [0, 0.05) is 22.0 Å². The Morgan fingerprint density at radius 3 is 2.85 bits per heavy atom. The molecule has 2 rings (SSSR count). The van der Waals surface area contributed by atoms with Gasteiger partial charge in [0.25, 0.3) is 0 Å². The summed E-state index contributed by atoms with van der Waals surface area (Å²) < 4.78 is 0. The van der Waals surface area contributed by atoms with Crippen molar-refractivity contribution in [2.24, 2.45) is 10.9 Å². The third kappa shape index (κ3) is 3.65. The average molecular weight is 308 g/mol. The van der Waals surface area contributed by atoms with Crippen LogP contribution in [0.5, 0.6) is 0 Å². The number of amidine groups is 1. The molecular formula is C14H14ClN3OS. The molecule has 0 aliphatic carbocycles. The summed E-state index contributed by atoms with van der Waals surface area (Å²) in [5, 5.41) is 13.3. The van der Waals surface area contributed by atoms with Crippen molar-refractivity contribution in [1.82, 2.24) is 4.98 Å². The first-order valence-electron chi connectivity index (χ1n) is 5.93. The monoisotopic (exact) mass is 307 g/mol. The molecule has 1 aromatic heterocycles. The molecule has 0 unspecified atom stereocenters. The number of aryl methyl sites for hydroxylation is 1. The Hall–Kier alpha value is -1.72. The van der Waals surface area contributed by atoms with E-state index in [4.69, 9.17) is 22.5 Å². The highest BCUT2D eigenvalue weighted by Gasteiger charge is 2.06. The number of nitrogens with two attached hydrogens (primary N) is 1. The predicted molar refractivity (Wildman–Crippen MR) is 82.5 cm³/mol. The van der Waals surface area contributed by atoms with Gasteiger partial charge >= 0.3 is 0 Å². The first kappa shape index (κ1) is 14.7. The van der Waals surface area contributed by atoms with Crippen LogP contribution in [0.4, 0.5) is 0 Å². The van der Waals surface area contributed by atoms with Crippen LogP contribution in [0.1, 0.15) is 16.8 Å². The molecule has 0 amide bonds. The zero-order valence-corrected chi connectivity index (χ0v) is 12.4. The van der Waals surface area contributed by atoms with Crippen molar-refractivity contribution in [3.05, 3.63) is 58.2 Å². The van der Waals surface area contributed by atoms with E-state index in [1.807, 2.05) is 31.2 Å². The zero-order chi connectivity index (χ0) is 14.5. The Kier molecular flexibility index (Phi) is 4.87. The quantitative estimate of drug-likeness (QED) is 0.298. The minimum Gasteiger partial charge on any atom is -0.409 e. The number of hydrogen-bond acceptors (Lipinski definition) is 4. The Morgan fingerprint density at radius 1 is 1.40 bits per heavy atom. The topological polar surface area (TPSA) is 71.5 Å². The number of oxime groups is 1. The standard InChI is InChI=1S/C14H14ClN3OS/c1-9-6-11(14(16)18-19)7-13(17-9)20-8-10-4-2-3-5-12(10)15/h2-7,19H,8H2,1H3,(H2,16,18). The van der Waals surface area contributed by atoms with Gasteiger partial charge in [0.1, 0.15) is 0 Å². The van der Waals surface area contributed by atoms with E-state index >= 15 is 0 Å². The highest BCUT2D eigenvalue weighted by atomic mass is 35.5. The molecule has 0 saturated heterocycles. The largest absolute Gasteiger partial charge is 0.409 e. The molecule has 1 heterocycles. The lowest BCUT2D eigenvalue weighted by molar-refractivity contribution is 0.318. The van der Waals surface area contributed by atoms with Crippen LogP contribution in [0.15, 0.2) is 46.6 Å². The predicted octanol–water partition coefficient (Wildman–Crippen LogP) is 3.43. The molecule has 0 atom stereocenters. The molecule has 0 saturated carbocycles. The number of thioether (sulfide) groups is 1. The number of rotatable bonds is 4. The third-order valence-corrected chi connectivity index (χ3v) is 4.00. The Labute approximate surface area is 126 Å². The molecule has 6 heteroatoms. The second kappa shape index (κ2) is 6.63. The number of pyridine rings is 1. The lowest BCUT2D eigenvalue weighted by atomic mass is 10.2. The van der Waals surface area contributed by atoms with Crippen molar-refractivity contribution in [2.45, 2.75) is 17.7 Å². The fourth-order valence-corrected chi connectivity index (χ4v) is 2.94. The van der Waals surface area contributed by atoms with Gasteiger partial charge in [-0.2, -0.15) is 0 Å². The van der Waals surface area contributed by atoms with Crippen molar-refractivity contribution in [3.63, 3.8) is 0 Å². The fourth-order valence-electron chi connectivity index (χ4n) is 1.68. The summed E-state index contributed by atoms with van der Waals surface area (Å²) >= 11 is 7.68. The van der Waals surface area contributed by atoms with Crippen molar-refractivity contribution in [2.75, 3.05) is 0 Å². The first-order valence-corrected chi connectivity index (χ1v) is 7.29. The fraction of sp³-hybridized carbons (Fsp3) is 0.143. The molecule has 2 aromatic rings. The van der Waals surface area contributed by atoms with Gasteiger partial charge in [0.15, 0.2) is 5.84 Å². The molecule has 0 bridgehead atoms. The van der Waals surface area contributed by atoms with Gasteiger partial charge in [-0.15, -0.1) is 11.8 Å². The molecule has 4 nitrogen and oxygen atoms in total. The van der Waals surface area contributed by atoms with Crippen LogP contribution in [0, 0.1) is 6.92 Å². The Balaban J connectivity index is 2.18. The molecule has 104 valence electrons. The number of hydrogen-bond donors (Lipinski definition) is 2. The molecule has 0 fully saturated rings. The molecule has 20 heavy (non-hydrogen) atoms. The van der Waals surface area contributed by atoms with E-state index in [0.717, 1.165) is 21.3 Å². The minimum absolute atomic E-state index is 0.0788. The zero-order valence-electron chi connectivity index (χ0n) is 10.9. The van der Waals surface area contributed by atoms with E-state index in [0.29, 0.717) is 11.3 Å². The molecule has 1 aromatic carbocycles. The van der Waals surface area contributed by atoms with Crippen molar-refractivity contribution in [1.29, 1.82) is 0 Å². The van der Waals surface area contributed by atoms with E-state index < -0.39 is 0 Å². The molecule has 3 N–H and O–H groups in total. The van der Waals surface area contributed by atoms with Crippen LogP contribution in [0.2, 0.25) is 5.02 Å². The average Bonchev–Trinajstić information content (AvgIpc) is 2.45. The summed E-state index contributed by atoms with van der Waals surface area (Å²) in [6.45, 7) is 1.87. The molecule has 0 aliphatic rings. The number of aromatic nitrogens is 1. The minimum atomic E-state index is 0.0788. The van der Waals surface area contributed by atoms with Gasteiger partial charge in [-0.3, -0.25) is 0 Å². The van der Waals surface area contributed by atoms with Gasteiger partial charge in [-0.05, 0) is 30.7 Å². The lowest BCUT2D eigenvalue weighted by Gasteiger charge is -2.07. The van der Waals surface area contributed by atoms with Crippen molar-refractivity contribution in [3.8, 4) is 0 Å². The second-order valence-electron chi connectivity index (χ2n) is 4.20. The van der Waals surface area contributed by atoms with Gasteiger partial charge in [0.2, 0.25) is 0 Å². The van der Waals surface area contributed by atoms with Crippen LogP contribution in [0.3, 0.4) is 0 Å². The normalized spacial score (nSPS) is 11.6. The second-order valence-corrected chi connectivity index (χ2v) is 5.60. The van der Waals surface area contributed by atoms with Crippen LogP contribution in [-0.2, 0) is 5.75 Å². The molecule has 0 spiro atoms. The summed E-state index contributed by atoms with van der Waals surface area (Å²) in [5.41, 5.74) is 8.12. The van der Waals surface area contributed by atoms with Gasteiger partial charge in [0.05, 0.1) is 5.03 Å². The highest BCUT2D eigenvalue weighted by Crippen LogP contribution is 2.26. The maximum atomic E-state index is 8.73. The number of benzene rings is 1. The highest BCUT2D eigenvalue weighted by molar-refractivity contribution is 7.98. The van der Waals surface area contributed by atoms with Crippen LogP contribution < -0.4 is 5.73 Å². The Morgan fingerprint density at radius 2 is 2.15 bits per heavy atom. The van der Waals surface area contributed by atoms with Crippen LogP contribution in [0.25, 0.3) is 0 Å². The molecule has 0 aliphatic heterocycles. The number of nitrogens with zero attached hydrogens (tertiary/aromatic N) is 2. The van der Waals surface area contributed by atoms with E-state index in [9.17, 15) is 0 Å². The van der Waals surface area contributed by atoms with Crippen LogP contribution >= 0.6 is 23.4 Å². The van der Waals surface area contributed by atoms with E-state index in [1.54, 1.807) is 23.9 Å². The summed E-state index contributed by atoms with van der Waals surface area (Å²) in [4.78, 5) is 4.42. The maximum Gasteiger partial charge on any atom is 0.170 e. The summed E-state index contributed by atoms with van der Waals surface area (Å²) in [6.07, 6.45) is 0. The lowest BCUT2D eigenvalue weighted by Crippen LogP contribution is -2.13. The first-order chi connectivity index (χ1) is 9.60. The molecular weight excluding hydrogens is 294 g/mol. The van der Waals surface area contributed by atoms with Gasteiger partial charge in [-0.25, -0.2) is 4.98 Å². The van der Waals surface area contributed by atoms with Crippen molar-refractivity contribution >= 4 is 29.2 Å². The summed E-state index contributed by atoms with van der Waals surface area (Å²) in [7, 11) is 0.